The molecule has 0 amide bonds. The molecule has 6 nitrogen and oxygen atoms in total. The molecule has 0 atom stereocenters. The average molecular weight is 405 g/mol. The minimum Gasteiger partial charge on any atom is -0.388 e. The Morgan fingerprint density at radius 1 is 1.10 bits per heavy atom. The molecule has 2 aromatic heterocycles. The fraction of sp³-hybridized carbons (Fsp3) is 0.417. The van der Waals surface area contributed by atoms with Gasteiger partial charge in [0.05, 0.1) is 23.3 Å². The Hall–Kier alpha value is -2.86. The zero-order valence-electron chi connectivity index (χ0n) is 18.1. The average Bonchev–Trinajstić information content (AvgIpc) is 3.06. The molecule has 30 heavy (non-hydrogen) atoms. The summed E-state index contributed by atoms with van der Waals surface area (Å²) in [5.74, 6) is 0.946. The molecule has 1 fully saturated rings. The van der Waals surface area contributed by atoms with Crippen LogP contribution in [0.3, 0.4) is 0 Å². The standard InChI is InChI=1S/C24H32N6/c1-18(2)25-13-16-29-14-11-20(12-15-29)27-24-28-22-9-4-5-10-23(22)30(24)17-21-8-6-7-19(3)26-21/h4-10,20,25H,1,11-17H2,2-3H3,(H,27,28). The lowest BCUT2D eigenvalue weighted by Gasteiger charge is -2.32. The molecule has 3 heterocycles. The van der Waals surface area contributed by atoms with E-state index in [1.54, 1.807) is 0 Å². The number of nitrogens with one attached hydrogen (secondary N) is 2. The van der Waals surface area contributed by atoms with Crippen molar-refractivity contribution < 1.29 is 0 Å². The lowest BCUT2D eigenvalue weighted by Crippen LogP contribution is -2.42. The second-order valence-electron chi connectivity index (χ2n) is 8.25. The Labute approximate surface area is 179 Å². The number of hydrogen-bond acceptors (Lipinski definition) is 5. The number of nitrogens with zero attached hydrogens (tertiary/aromatic N) is 4. The van der Waals surface area contributed by atoms with Gasteiger partial charge in [0.1, 0.15) is 0 Å². The number of imidazole rings is 1. The topological polar surface area (TPSA) is 58.0 Å². The van der Waals surface area contributed by atoms with Crippen molar-refractivity contribution in [3.05, 3.63) is 66.1 Å². The first-order valence-corrected chi connectivity index (χ1v) is 10.8. The Bertz CT molecular complexity index is 1000. The zero-order chi connectivity index (χ0) is 20.9. The van der Waals surface area contributed by atoms with Crippen molar-refractivity contribution in [2.75, 3.05) is 31.5 Å². The van der Waals surface area contributed by atoms with E-state index in [0.29, 0.717) is 6.04 Å². The lowest BCUT2D eigenvalue weighted by atomic mass is 10.1. The third kappa shape index (κ3) is 5.00. The molecule has 0 saturated carbocycles. The van der Waals surface area contributed by atoms with Crippen LogP contribution in [0.4, 0.5) is 5.95 Å². The van der Waals surface area contributed by atoms with E-state index >= 15 is 0 Å². The van der Waals surface area contributed by atoms with Gasteiger partial charge in [-0.05, 0) is 51.0 Å². The number of para-hydroxylation sites is 2. The van der Waals surface area contributed by atoms with Crippen molar-refractivity contribution >= 4 is 17.0 Å². The SMILES string of the molecule is C=C(C)NCCN1CCC(Nc2nc3ccccc3n2Cc2cccc(C)n2)CC1. The number of benzene rings is 1. The smallest absolute Gasteiger partial charge is 0.204 e. The van der Waals surface area contributed by atoms with Crippen LogP contribution in [0.15, 0.2) is 54.7 Å². The zero-order valence-corrected chi connectivity index (χ0v) is 18.1. The molecule has 6 heteroatoms. The van der Waals surface area contributed by atoms with Gasteiger partial charge in [0.2, 0.25) is 5.95 Å². The molecule has 2 N–H and O–H groups in total. The highest BCUT2D eigenvalue weighted by Crippen LogP contribution is 2.23. The summed E-state index contributed by atoms with van der Waals surface area (Å²) in [5.41, 5.74) is 5.30. The largest absolute Gasteiger partial charge is 0.388 e. The van der Waals surface area contributed by atoms with Gasteiger partial charge in [0, 0.05) is 43.6 Å². The fourth-order valence-electron chi connectivity index (χ4n) is 4.11. The van der Waals surface area contributed by atoms with E-state index in [9.17, 15) is 0 Å². The van der Waals surface area contributed by atoms with Crippen LogP contribution in [-0.2, 0) is 6.54 Å². The quantitative estimate of drug-likeness (QED) is 0.598. The maximum Gasteiger partial charge on any atom is 0.204 e. The number of aromatic nitrogens is 3. The van der Waals surface area contributed by atoms with Gasteiger partial charge in [0.25, 0.3) is 0 Å². The van der Waals surface area contributed by atoms with Crippen LogP contribution >= 0.6 is 0 Å². The summed E-state index contributed by atoms with van der Waals surface area (Å²) in [6, 6.07) is 15.0. The van der Waals surface area contributed by atoms with Gasteiger partial charge in [-0.1, -0.05) is 24.8 Å². The van der Waals surface area contributed by atoms with Gasteiger partial charge in [-0.2, -0.15) is 0 Å². The predicted octanol–water partition coefficient (Wildman–Crippen LogP) is 3.79. The van der Waals surface area contributed by atoms with Crippen LogP contribution in [0.1, 0.15) is 31.2 Å². The van der Waals surface area contributed by atoms with Crippen LogP contribution in [-0.4, -0.2) is 51.7 Å². The summed E-state index contributed by atoms with van der Waals surface area (Å²) >= 11 is 0. The molecule has 0 radical (unpaired) electrons. The number of likely N-dealkylation sites (tertiary alicyclic amines) is 1. The molecule has 1 aliphatic heterocycles. The number of fused-ring (bicyclic) bond motifs is 1. The molecule has 0 bridgehead atoms. The van der Waals surface area contributed by atoms with E-state index in [2.05, 4.69) is 57.0 Å². The summed E-state index contributed by atoms with van der Waals surface area (Å²) in [7, 11) is 0. The molecule has 0 spiro atoms. The van der Waals surface area contributed by atoms with E-state index < -0.39 is 0 Å². The number of aryl methyl sites for hydroxylation is 1. The first-order valence-electron chi connectivity index (χ1n) is 10.8. The first-order chi connectivity index (χ1) is 14.6. The highest BCUT2D eigenvalue weighted by molar-refractivity contribution is 5.78. The summed E-state index contributed by atoms with van der Waals surface area (Å²) in [6.45, 7) is 12.9. The minimum absolute atomic E-state index is 0.441. The first kappa shape index (κ1) is 20.4. The molecular weight excluding hydrogens is 372 g/mol. The van der Waals surface area contributed by atoms with Crippen LogP contribution < -0.4 is 10.6 Å². The summed E-state index contributed by atoms with van der Waals surface area (Å²) in [4.78, 5) is 12.1. The van der Waals surface area contributed by atoms with Crippen molar-refractivity contribution in [3.63, 3.8) is 0 Å². The number of rotatable bonds is 8. The molecule has 4 rings (SSSR count). The molecule has 158 valence electrons. The Kier molecular flexibility index (Phi) is 6.33. The molecule has 1 aliphatic rings. The minimum atomic E-state index is 0.441. The van der Waals surface area contributed by atoms with E-state index in [1.165, 1.54) is 0 Å². The normalized spacial score (nSPS) is 15.4. The fourth-order valence-corrected chi connectivity index (χ4v) is 4.11. The maximum atomic E-state index is 4.90. The van der Waals surface area contributed by atoms with Crippen LogP contribution in [0, 0.1) is 6.92 Å². The molecule has 1 saturated heterocycles. The van der Waals surface area contributed by atoms with Gasteiger partial charge in [-0.25, -0.2) is 4.98 Å². The Morgan fingerprint density at radius 2 is 1.90 bits per heavy atom. The van der Waals surface area contributed by atoms with Crippen molar-refractivity contribution in [1.82, 2.24) is 24.8 Å². The molecule has 0 unspecified atom stereocenters. The van der Waals surface area contributed by atoms with E-state index in [-0.39, 0.29) is 0 Å². The van der Waals surface area contributed by atoms with Crippen LogP contribution in [0.25, 0.3) is 11.0 Å². The van der Waals surface area contributed by atoms with Gasteiger partial charge in [0.15, 0.2) is 0 Å². The van der Waals surface area contributed by atoms with Crippen molar-refractivity contribution in [3.8, 4) is 0 Å². The van der Waals surface area contributed by atoms with Crippen LogP contribution in [0.2, 0.25) is 0 Å². The van der Waals surface area contributed by atoms with Crippen molar-refractivity contribution in [1.29, 1.82) is 0 Å². The lowest BCUT2D eigenvalue weighted by molar-refractivity contribution is 0.220. The Morgan fingerprint density at radius 3 is 2.67 bits per heavy atom. The number of piperidine rings is 1. The molecule has 1 aromatic carbocycles. The molecule has 0 aliphatic carbocycles. The number of pyridine rings is 1. The van der Waals surface area contributed by atoms with Gasteiger partial charge < -0.3 is 20.1 Å². The second kappa shape index (κ2) is 9.30. The van der Waals surface area contributed by atoms with E-state index in [0.717, 1.165) is 79.6 Å². The van der Waals surface area contributed by atoms with Gasteiger partial charge in [-0.15, -0.1) is 0 Å². The van der Waals surface area contributed by atoms with Crippen LogP contribution in [0.5, 0.6) is 0 Å². The number of hydrogen-bond donors (Lipinski definition) is 2. The summed E-state index contributed by atoms with van der Waals surface area (Å²) in [6.07, 6.45) is 2.25. The summed E-state index contributed by atoms with van der Waals surface area (Å²) in [5, 5.41) is 7.06. The molecular formula is C24H32N6. The number of anilines is 1. The van der Waals surface area contributed by atoms with E-state index in [4.69, 9.17) is 9.97 Å². The van der Waals surface area contributed by atoms with Gasteiger partial charge >= 0.3 is 0 Å². The van der Waals surface area contributed by atoms with Crippen molar-refractivity contribution in [2.45, 2.75) is 39.3 Å². The molecule has 3 aromatic rings. The maximum absolute atomic E-state index is 4.90. The van der Waals surface area contributed by atoms with E-state index in [1.807, 2.05) is 26.0 Å². The highest BCUT2D eigenvalue weighted by atomic mass is 15.2. The second-order valence-corrected chi connectivity index (χ2v) is 8.25. The monoisotopic (exact) mass is 404 g/mol. The Balaban J connectivity index is 1.45. The van der Waals surface area contributed by atoms with Gasteiger partial charge in [-0.3, -0.25) is 4.98 Å². The third-order valence-electron chi connectivity index (χ3n) is 5.70. The summed E-state index contributed by atoms with van der Waals surface area (Å²) < 4.78 is 2.26. The van der Waals surface area contributed by atoms with Crippen molar-refractivity contribution in [2.24, 2.45) is 0 Å². The number of allylic oxidation sites excluding steroid dienone is 1. The third-order valence-corrected chi connectivity index (χ3v) is 5.70. The highest BCUT2D eigenvalue weighted by Gasteiger charge is 2.21. The predicted molar refractivity (Wildman–Crippen MR) is 124 cm³/mol.